The van der Waals surface area contributed by atoms with Crippen LogP contribution in [-0.4, -0.2) is 69.5 Å². The Morgan fingerprint density at radius 2 is 1.83 bits per heavy atom. The number of aryl methyl sites for hydroxylation is 3. The number of halogens is 1. The third kappa shape index (κ3) is 6.97. The smallest absolute Gasteiger partial charge is 0.354 e. The molecule has 0 amide bonds. The Bertz CT molecular complexity index is 2270. The van der Waals surface area contributed by atoms with Crippen LogP contribution in [0.4, 0.5) is 0 Å². The molecule has 1 aliphatic heterocycles. The summed E-state index contributed by atoms with van der Waals surface area (Å²) >= 11 is 4.23. The van der Waals surface area contributed by atoms with Gasteiger partial charge in [-0.3, -0.25) is 14.3 Å². The second kappa shape index (κ2) is 15.6. The van der Waals surface area contributed by atoms with E-state index < -0.39 is 0 Å². The number of nitrogens with zero attached hydrogens (tertiary/aromatic N) is 6. The Hall–Kier alpha value is -3.85. The van der Waals surface area contributed by atoms with Crippen molar-refractivity contribution in [2.75, 3.05) is 34.5 Å². The molecular formula is C40H45IN6O4S. The van der Waals surface area contributed by atoms with Crippen LogP contribution in [0.15, 0.2) is 59.5 Å². The zero-order chi connectivity index (χ0) is 36.5. The van der Waals surface area contributed by atoms with Gasteiger partial charge in [0.25, 0.3) is 0 Å². The molecule has 4 heterocycles. The van der Waals surface area contributed by atoms with E-state index in [4.69, 9.17) is 24.4 Å². The molecule has 1 aliphatic rings. The molecule has 0 fully saturated rings. The number of rotatable bonds is 5. The highest BCUT2D eigenvalue weighted by atomic mass is 127. The second-order valence-corrected chi connectivity index (χ2v) is 15.2. The monoisotopic (exact) mass is 832 g/mol. The first-order valence-electron chi connectivity index (χ1n) is 17.5. The fourth-order valence-electron chi connectivity index (χ4n) is 7.52. The summed E-state index contributed by atoms with van der Waals surface area (Å²) in [4.78, 5) is 17.0. The van der Waals surface area contributed by atoms with Crippen LogP contribution in [0, 0.1) is 6.92 Å². The van der Waals surface area contributed by atoms with Crippen LogP contribution in [0.1, 0.15) is 50.8 Å². The van der Waals surface area contributed by atoms with Crippen molar-refractivity contribution in [2.24, 2.45) is 14.1 Å². The normalized spacial score (nSPS) is 14.4. The Morgan fingerprint density at radius 1 is 1.00 bits per heavy atom. The van der Waals surface area contributed by atoms with E-state index in [1.165, 1.54) is 12.7 Å². The molecule has 8 bridgehead atoms. The molecule has 0 atom stereocenters. The van der Waals surface area contributed by atoms with E-state index in [0.717, 1.165) is 88.4 Å². The van der Waals surface area contributed by atoms with E-state index in [2.05, 4.69) is 101 Å². The molecule has 0 N–H and O–H groups in total. The molecule has 0 aliphatic carbocycles. The van der Waals surface area contributed by atoms with Gasteiger partial charge < -0.3 is 18.8 Å². The van der Waals surface area contributed by atoms with Crippen LogP contribution in [-0.2, 0) is 59.8 Å². The molecule has 52 heavy (non-hydrogen) atoms. The van der Waals surface area contributed by atoms with Gasteiger partial charge in [-0.2, -0.15) is 10.2 Å². The zero-order valence-electron chi connectivity index (χ0n) is 30.7. The average molecular weight is 833 g/mol. The predicted molar refractivity (Wildman–Crippen MR) is 216 cm³/mol. The lowest BCUT2D eigenvalue weighted by Crippen LogP contribution is -2.19. The SMILES string of the molecule is COCCn1nc2c(c1C)-c1c(CI)ccc3c(c(C(=O)OC)n(C)c13)CCCOc1cc(cc3ccccc13)SCc1cc(nn1C)CN(C)C2. The molecule has 0 saturated heterocycles. The third-order valence-electron chi connectivity index (χ3n) is 10.00. The minimum Gasteiger partial charge on any atom is -0.493 e. The summed E-state index contributed by atoms with van der Waals surface area (Å²) in [7, 11) is 9.30. The molecule has 0 radical (unpaired) electrons. The number of aromatic nitrogens is 5. The molecule has 10 nitrogen and oxygen atoms in total. The third-order valence-corrected chi connectivity index (χ3v) is 11.8. The van der Waals surface area contributed by atoms with Crippen LogP contribution in [0.25, 0.3) is 32.8 Å². The van der Waals surface area contributed by atoms with Gasteiger partial charge in [0.1, 0.15) is 11.4 Å². The Morgan fingerprint density at radius 3 is 2.62 bits per heavy atom. The summed E-state index contributed by atoms with van der Waals surface area (Å²) in [5.74, 6) is 1.31. The summed E-state index contributed by atoms with van der Waals surface area (Å²) in [6.45, 7) is 5.12. The van der Waals surface area contributed by atoms with Crippen molar-refractivity contribution < 1.29 is 19.0 Å². The maximum atomic E-state index is 13.6. The van der Waals surface area contributed by atoms with Crippen molar-refractivity contribution >= 4 is 62.0 Å². The molecule has 7 rings (SSSR count). The Balaban J connectivity index is 1.41. The number of ether oxygens (including phenoxy) is 3. The molecule has 272 valence electrons. The molecule has 3 aromatic heterocycles. The average Bonchev–Trinajstić information content (AvgIpc) is 3.75. The van der Waals surface area contributed by atoms with E-state index in [1.807, 2.05) is 23.3 Å². The number of methoxy groups -OCH3 is 2. The maximum absolute atomic E-state index is 13.6. The van der Waals surface area contributed by atoms with E-state index in [-0.39, 0.29) is 5.97 Å². The number of thioether (sulfide) groups is 1. The van der Waals surface area contributed by atoms with Crippen molar-refractivity contribution in [2.45, 2.75) is 54.5 Å². The van der Waals surface area contributed by atoms with Gasteiger partial charge >= 0.3 is 5.97 Å². The lowest BCUT2D eigenvalue weighted by molar-refractivity contribution is 0.0589. The fourth-order valence-corrected chi connectivity index (χ4v) is 9.14. The molecule has 0 saturated carbocycles. The van der Waals surface area contributed by atoms with Gasteiger partial charge in [0, 0.05) is 82.7 Å². The number of alkyl halides is 1. The number of esters is 1. The number of hydrogen-bond acceptors (Lipinski definition) is 8. The lowest BCUT2D eigenvalue weighted by Gasteiger charge is -2.17. The van der Waals surface area contributed by atoms with Gasteiger partial charge in [0.2, 0.25) is 0 Å². The molecular weight excluding hydrogens is 787 g/mol. The summed E-state index contributed by atoms with van der Waals surface area (Å²) in [5, 5.41) is 13.4. The fraction of sp³-hybridized carbons (Fsp3) is 0.375. The van der Waals surface area contributed by atoms with Gasteiger partial charge in [0.15, 0.2) is 0 Å². The molecule has 6 aromatic rings. The van der Waals surface area contributed by atoms with E-state index in [0.29, 0.717) is 45.0 Å². The quantitative estimate of drug-likeness (QED) is 0.0987. The largest absolute Gasteiger partial charge is 0.493 e. The highest BCUT2D eigenvalue weighted by Crippen LogP contribution is 2.41. The van der Waals surface area contributed by atoms with Gasteiger partial charge in [-0.05, 0) is 61.5 Å². The zero-order valence-corrected chi connectivity index (χ0v) is 33.6. The van der Waals surface area contributed by atoms with E-state index in [1.54, 1.807) is 18.9 Å². The minimum atomic E-state index is -0.344. The van der Waals surface area contributed by atoms with Gasteiger partial charge in [-0.25, -0.2) is 4.79 Å². The number of carbonyl (C=O) groups is 1. The topological polar surface area (TPSA) is 88.6 Å². The number of fused-ring (bicyclic) bond motifs is 8. The Labute approximate surface area is 322 Å². The molecule has 0 unspecified atom stereocenters. The van der Waals surface area contributed by atoms with Crippen molar-refractivity contribution in [3.8, 4) is 16.9 Å². The Kier molecular flexibility index (Phi) is 11.0. The van der Waals surface area contributed by atoms with Crippen LogP contribution in [0.5, 0.6) is 5.75 Å². The van der Waals surface area contributed by atoms with Gasteiger partial charge in [-0.1, -0.05) is 59.0 Å². The molecule has 0 spiro atoms. The summed E-state index contributed by atoms with van der Waals surface area (Å²) < 4.78 is 24.3. The van der Waals surface area contributed by atoms with Gasteiger partial charge in [0.05, 0.1) is 43.8 Å². The van der Waals surface area contributed by atoms with Crippen molar-refractivity contribution in [3.63, 3.8) is 0 Å². The molecule has 12 heteroatoms. The van der Waals surface area contributed by atoms with Crippen molar-refractivity contribution in [3.05, 3.63) is 94.2 Å². The lowest BCUT2D eigenvalue weighted by atomic mass is 9.94. The summed E-state index contributed by atoms with van der Waals surface area (Å²) in [5.41, 5.74) is 10.2. The van der Waals surface area contributed by atoms with Crippen LogP contribution in [0.2, 0.25) is 0 Å². The number of benzene rings is 3. The van der Waals surface area contributed by atoms with E-state index in [9.17, 15) is 4.79 Å². The summed E-state index contributed by atoms with van der Waals surface area (Å²) in [6, 6.07) is 19.4. The predicted octanol–water partition coefficient (Wildman–Crippen LogP) is 7.85. The highest BCUT2D eigenvalue weighted by molar-refractivity contribution is 14.1. The van der Waals surface area contributed by atoms with Crippen LogP contribution < -0.4 is 4.74 Å². The van der Waals surface area contributed by atoms with Crippen LogP contribution >= 0.6 is 34.4 Å². The van der Waals surface area contributed by atoms with E-state index >= 15 is 0 Å². The first kappa shape index (κ1) is 36.5. The number of carbonyl (C=O) groups excluding carboxylic acids is 1. The first-order valence-corrected chi connectivity index (χ1v) is 20.0. The second-order valence-electron chi connectivity index (χ2n) is 13.4. The van der Waals surface area contributed by atoms with Crippen molar-refractivity contribution in [1.29, 1.82) is 0 Å². The number of hydrogen-bond donors (Lipinski definition) is 0. The van der Waals surface area contributed by atoms with Gasteiger partial charge in [-0.15, -0.1) is 11.8 Å². The molecule has 3 aromatic carbocycles. The van der Waals surface area contributed by atoms with Crippen LogP contribution in [0.3, 0.4) is 0 Å². The standard InChI is InChI=1S/C40H45IN6O4S/c1-25-36-34(43-47(25)15-17-49-5)23-44(2)22-28-19-29(46(4)42-28)24-52-30-18-26-10-7-8-11-31(26)35(20-30)51-16-9-12-32-33-14-13-27(21-41)37(36)38(33)45(3)39(32)40(48)50-6/h7-8,10-11,13-14,18-20H,9,12,15-17,21-24H2,1-6H3. The van der Waals surface area contributed by atoms with Crippen molar-refractivity contribution in [1.82, 2.24) is 29.0 Å². The first-order chi connectivity index (χ1) is 25.2. The summed E-state index contributed by atoms with van der Waals surface area (Å²) in [6.07, 6.45) is 1.38. The minimum absolute atomic E-state index is 0.344. The maximum Gasteiger partial charge on any atom is 0.354 e. The highest BCUT2D eigenvalue weighted by Gasteiger charge is 2.28.